The Balaban J connectivity index is 1.82. The van der Waals surface area contributed by atoms with Crippen LogP contribution in [0, 0.1) is 0 Å². The second kappa shape index (κ2) is 5.09. The maximum atomic E-state index is 12.5. The highest BCUT2D eigenvalue weighted by Crippen LogP contribution is 2.33. The van der Waals surface area contributed by atoms with Gasteiger partial charge in [0.1, 0.15) is 0 Å². The van der Waals surface area contributed by atoms with Crippen molar-refractivity contribution in [3.63, 3.8) is 0 Å². The minimum Gasteiger partial charge on any atom is -0.454 e. The molecule has 5 heteroatoms. The van der Waals surface area contributed by atoms with Crippen molar-refractivity contribution in [2.45, 2.75) is 25.3 Å². The number of aliphatic hydroxyl groups excluding tert-OH is 1. The van der Waals surface area contributed by atoms with E-state index in [4.69, 9.17) is 9.47 Å². The lowest BCUT2D eigenvalue weighted by molar-refractivity contribution is 0.0502. The number of likely N-dealkylation sites (tertiary alicyclic amines) is 1. The fourth-order valence-corrected chi connectivity index (χ4v) is 2.65. The molecule has 1 amide bonds. The molecule has 2 aliphatic rings. The molecule has 0 aromatic heterocycles. The van der Waals surface area contributed by atoms with Gasteiger partial charge in [-0.2, -0.15) is 0 Å². The highest BCUT2D eigenvalue weighted by atomic mass is 16.7. The first-order chi connectivity index (χ1) is 9.29. The van der Waals surface area contributed by atoms with Gasteiger partial charge in [-0.3, -0.25) is 4.79 Å². The average Bonchev–Trinajstić information content (AvgIpc) is 2.93. The SMILES string of the molecule is O=C(c1ccc2c(c1)OCO2)N1CCCCC1CO. The molecule has 1 atom stereocenters. The minimum atomic E-state index is -0.0633. The first kappa shape index (κ1) is 12.3. The second-order valence-corrected chi connectivity index (χ2v) is 4.90. The summed E-state index contributed by atoms with van der Waals surface area (Å²) in [5, 5.41) is 9.37. The van der Waals surface area contributed by atoms with E-state index in [1.54, 1.807) is 23.1 Å². The van der Waals surface area contributed by atoms with Crippen LogP contribution in [-0.2, 0) is 0 Å². The van der Waals surface area contributed by atoms with Gasteiger partial charge < -0.3 is 19.5 Å². The molecule has 1 fully saturated rings. The first-order valence-electron chi connectivity index (χ1n) is 6.61. The van der Waals surface area contributed by atoms with Gasteiger partial charge in [0, 0.05) is 12.1 Å². The Bertz CT molecular complexity index is 488. The van der Waals surface area contributed by atoms with Crippen molar-refractivity contribution in [2.75, 3.05) is 19.9 Å². The maximum Gasteiger partial charge on any atom is 0.254 e. The smallest absolute Gasteiger partial charge is 0.254 e. The second-order valence-electron chi connectivity index (χ2n) is 4.90. The van der Waals surface area contributed by atoms with Crippen LogP contribution in [-0.4, -0.2) is 41.9 Å². The van der Waals surface area contributed by atoms with E-state index < -0.39 is 0 Å². The topological polar surface area (TPSA) is 59.0 Å². The number of piperidine rings is 1. The van der Waals surface area contributed by atoms with Crippen LogP contribution < -0.4 is 9.47 Å². The Morgan fingerprint density at radius 1 is 1.32 bits per heavy atom. The Kier molecular flexibility index (Phi) is 3.29. The largest absolute Gasteiger partial charge is 0.454 e. The van der Waals surface area contributed by atoms with Gasteiger partial charge in [0.2, 0.25) is 6.79 Å². The molecule has 1 unspecified atom stereocenters. The van der Waals surface area contributed by atoms with E-state index in [1.165, 1.54) is 0 Å². The fourth-order valence-electron chi connectivity index (χ4n) is 2.65. The number of carbonyl (C=O) groups excluding carboxylic acids is 1. The van der Waals surface area contributed by atoms with Gasteiger partial charge in [-0.25, -0.2) is 0 Å². The van der Waals surface area contributed by atoms with Crippen LogP contribution in [0.1, 0.15) is 29.6 Å². The van der Waals surface area contributed by atoms with E-state index in [1.807, 2.05) is 0 Å². The van der Waals surface area contributed by atoms with Gasteiger partial charge in [0.25, 0.3) is 5.91 Å². The number of carbonyl (C=O) groups is 1. The number of fused-ring (bicyclic) bond motifs is 1. The predicted molar refractivity (Wildman–Crippen MR) is 68.3 cm³/mol. The van der Waals surface area contributed by atoms with Crippen molar-refractivity contribution in [1.82, 2.24) is 4.90 Å². The Morgan fingerprint density at radius 3 is 3.00 bits per heavy atom. The number of aliphatic hydroxyl groups is 1. The zero-order valence-electron chi connectivity index (χ0n) is 10.7. The van der Waals surface area contributed by atoms with Crippen molar-refractivity contribution in [1.29, 1.82) is 0 Å². The molecule has 1 aromatic rings. The summed E-state index contributed by atoms with van der Waals surface area (Å²) >= 11 is 0. The normalized spacial score (nSPS) is 21.5. The van der Waals surface area contributed by atoms with Crippen molar-refractivity contribution < 1.29 is 19.4 Å². The first-order valence-corrected chi connectivity index (χ1v) is 6.61. The van der Waals surface area contributed by atoms with E-state index in [0.717, 1.165) is 19.3 Å². The van der Waals surface area contributed by atoms with E-state index in [2.05, 4.69) is 0 Å². The summed E-state index contributed by atoms with van der Waals surface area (Å²) in [4.78, 5) is 14.3. The Hall–Kier alpha value is -1.75. The lowest BCUT2D eigenvalue weighted by Crippen LogP contribution is -2.45. The Labute approximate surface area is 111 Å². The molecule has 0 saturated carbocycles. The molecule has 5 nitrogen and oxygen atoms in total. The summed E-state index contributed by atoms with van der Waals surface area (Å²) < 4.78 is 10.5. The molecule has 1 saturated heterocycles. The lowest BCUT2D eigenvalue weighted by atomic mass is 10.0. The molecule has 0 spiro atoms. The van der Waals surface area contributed by atoms with Crippen LogP contribution >= 0.6 is 0 Å². The molecule has 2 aliphatic heterocycles. The van der Waals surface area contributed by atoms with Crippen molar-refractivity contribution in [3.05, 3.63) is 23.8 Å². The summed E-state index contributed by atoms with van der Waals surface area (Å²) in [6.45, 7) is 0.935. The highest BCUT2D eigenvalue weighted by molar-refractivity contribution is 5.95. The third-order valence-electron chi connectivity index (χ3n) is 3.72. The monoisotopic (exact) mass is 263 g/mol. The van der Waals surface area contributed by atoms with Gasteiger partial charge in [-0.05, 0) is 37.5 Å². The fraction of sp³-hybridized carbons (Fsp3) is 0.500. The summed E-state index contributed by atoms with van der Waals surface area (Å²) in [6.07, 6.45) is 2.93. The van der Waals surface area contributed by atoms with Crippen molar-refractivity contribution in [2.24, 2.45) is 0 Å². The maximum absolute atomic E-state index is 12.5. The van der Waals surface area contributed by atoms with Crippen LogP contribution in [0.4, 0.5) is 0 Å². The molecule has 102 valence electrons. The molecular weight excluding hydrogens is 246 g/mol. The molecule has 1 N–H and O–H groups in total. The number of rotatable bonds is 2. The van der Waals surface area contributed by atoms with Crippen LogP contribution in [0.3, 0.4) is 0 Å². The standard InChI is InChI=1S/C14H17NO4/c16-8-11-3-1-2-6-15(11)14(17)10-4-5-12-13(7-10)19-9-18-12/h4-5,7,11,16H,1-3,6,8-9H2. The van der Waals surface area contributed by atoms with Crippen molar-refractivity contribution in [3.8, 4) is 11.5 Å². The molecule has 0 bridgehead atoms. The van der Waals surface area contributed by atoms with E-state index in [-0.39, 0.29) is 25.3 Å². The van der Waals surface area contributed by atoms with Gasteiger partial charge >= 0.3 is 0 Å². The van der Waals surface area contributed by atoms with Gasteiger partial charge in [0.15, 0.2) is 11.5 Å². The summed E-state index contributed by atoms with van der Waals surface area (Å²) in [7, 11) is 0. The van der Waals surface area contributed by atoms with Crippen molar-refractivity contribution >= 4 is 5.91 Å². The zero-order valence-corrected chi connectivity index (χ0v) is 10.7. The predicted octanol–water partition coefficient (Wildman–Crippen LogP) is 1.40. The molecular formula is C14H17NO4. The number of nitrogens with zero attached hydrogens (tertiary/aromatic N) is 1. The third kappa shape index (κ3) is 2.26. The lowest BCUT2D eigenvalue weighted by Gasteiger charge is -2.34. The Morgan fingerprint density at radius 2 is 2.16 bits per heavy atom. The summed E-state index contributed by atoms with van der Waals surface area (Å²) in [6, 6.07) is 5.16. The van der Waals surface area contributed by atoms with Gasteiger partial charge in [-0.15, -0.1) is 0 Å². The molecule has 2 heterocycles. The van der Waals surface area contributed by atoms with Crippen LogP contribution in [0.15, 0.2) is 18.2 Å². The number of amides is 1. The highest BCUT2D eigenvalue weighted by Gasteiger charge is 2.27. The summed E-state index contributed by atoms with van der Waals surface area (Å²) in [5.74, 6) is 1.24. The van der Waals surface area contributed by atoms with Gasteiger partial charge in [-0.1, -0.05) is 0 Å². The van der Waals surface area contributed by atoms with Crippen LogP contribution in [0.2, 0.25) is 0 Å². The average molecular weight is 263 g/mol. The van der Waals surface area contributed by atoms with E-state index in [0.29, 0.717) is 23.6 Å². The number of benzene rings is 1. The molecule has 0 aliphatic carbocycles. The van der Waals surface area contributed by atoms with Gasteiger partial charge in [0.05, 0.1) is 12.6 Å². The summed E-state index contributed by atoms with van der Waals surface area (Å²) in [5.41, 5.74) is 0.588. The zero-order chi connectivity index (χ0) is 13.2. The van der Waals surface area contributed by atoms with Crippen LogP contribution in [0.5, 0.6) is 11.5 Å². The third-order valence-corrected chi connectivity index (χ3v) is 3.72. The molecule has 19 heavy (non-hydrogen) atoms. The number of hydrogen-bond donors (Lipinski definition) is 1. The molecule has 3 rings (SSSR count). The van der Waals surface area contributed by atoms with E-state index >= 15 is 0 Å². The molecule has 1 aromatic carbocycles. The van der Waals surface area contributed by atoms with E-state index in [9.17, 15) is 9.90 Å². The van der Waals surface area contributed by atoms with Crippen LogP contribution in [0.25, 0.3) is 0 Å². The molecule has 0 radical (unpaired) electrons. The number of hydrogen-bond acceptors (Lipinski definition) is 4. The quantitative estimate of drug-likeness (QED) is 0.876. The minimum absolute atomic E-state index is 0.0241. The number of ether oxygens (including phenoxy) is 2.